The van der Waals surface area contributed by atoms with Crippen LogP contribution in [0.5, 0.6) is 11.5 Å². The fraction of sp³-hybridized carbons (Fsp3) is 0.647. The first-order valence-corrected chi connectivity index (χ1v) is 8.88. The maximum absolute atomic E-state index is 6.65. The summed E-state index contributed by atoms with van der Waals surface area (Å²) in [4.78, 5) is 0. The Kier molecular flexibility index (Phi) is 2.67. The fourth-order valence-corrected chi connectivity index (χ4v) is 6.00. The number of benzene rings is 1. The zero-order valence-corrected chi connectivity index (χ0v) is 13.5. The highest BCUT2D eigenvalue weighted by molar-refractivity contribution is 9.10. The highest BCUT2D eigenvalue weighted by atomic mass is 79.9. The average molecular weight is 350 g/mol. The molecule has 5 atom stereocenters. The van der Waals surface area contributed by atoms with Gasteiger partial charge >= 0.3 is 0 Å². The lowest BCUT2D eigenvalue weighted by Crippen LogP contribution is -2.20. The average Bonchev–Trinajstić information content (AvgIpc) is 2.93. The molecule has 5 unspecified atom stereocenters. The molecule has 2 N–H and O–H groups in total. The molecular weight excluding hydrogens is 330 g/mol. The van der Waals surface area contributed by atoms with Crippen LogP contribution in [-0.4, -0.2) is 13.2 Å². The summed E-state index contributed by atoms with van der Waals surface area (Å²) in [6.07, 6.45) is 4.36. The van der Waals surface area contributed by atoms with Gasteiger partial charge in [0.2, 0.25) is 0 Å². The molecule has 1 aromatic rings. The van der Waals surface area contributed by atoms with Crippen LogP contribution in [0, 0.1) is 29.6 Å². The molecule has 3 saturated carbocycles. The van der Waals surface area contributed by atoms with Gasteiger partial charge in [-0.1, -0.05) is 15.9 Å². The Hall–Kier alpha value is -0.740. The highest BCUT2D eigenvalue weighted by Gasteiger charge is 2.66. The van der Waals surface area contributed by atoms with Crippen molar-refractivity contribution in [2.75, 3.05) is 13.2 Å². The fourth-order valence-electron chi connectivity index (χ4n) is 5.42. The molecule has 4 heteroatoms. The van der Waals surface area contributed by atoms with Crippen LogP contribution in [0.2, 0.25) is 0 Å². The molecule has 0 amide bonds. The van der Waals surface area contributed by atoms with E-state index in [1.165, 1.54) is 24.8 Å². The summed E-state index contributed by atoms with van der Waals surface area (Å²) in [7, 11) is 0. The van der Waals surface area contributed by atoms with Crippen molar-refractivity contribution in [3.05, 3.63) is 22.2 Å². The number of rotatable bonds is 2. The van der Waals surface area contributed by atoms with E-state index in [2.05, 4.69) is 22.0 Å². The first-order chi connectivity index (χ1) is 10.2. The molecule has 0 spiro atoms. The van der Waals surface area contributed by atoms with Gasteiger partial charge in [0.15, 0.2) is 11.5 Å². The summed E-state index contributed by atoms with van der Waals surface area (Å²) in [5, 5.41) is 0. The highest BCUT2D eigenvalue weighted by Crippen LogP contribution is 2.72. The monoisotopic (exact) mass is 349 g/mol. The van der Waals surface area contributed by atoms with Gasteiger partial charge in [-0.3, -0.25) is 0 Å². The van der Waals surface area contributed by atoms with Crippen molar-refractivity contribution in [3.8, 4) is 11.5 Å². The van der Waals surface area contributed by atoms with Gasteiger partial charge in [0.25, 0.3) is 0 Å². The third-order valence-corrected chi connectivity index (χ3v) is 6.92. The second kappa shape index (κ2) is 4.39. The lowest BCUT2D eigenvalue weighted by molar-refractivity contribution is 0.171. The van der Waals surface area contributed by atoms with Crippen LogP contribution in [0.4, 0.5) is 0 Å². The van der Waals surface area contributed by atoms with E-state index >= 15 is 0 Å². The lowest BCUT2D eigenvalue weighted by Gasteiger charge is -2.23. The van der Waals surface area contributed by atoms with E-state index in [0.29, 0.717) is 19.1 Å². The van der Waals surface area contributed by atoms with Crippen molar-refractivity contribution in [3.63, 3.8) is 0 Å². The van der Waals surface area contributed by atoms with Crippen LogP contribution in [0.3, 0.4) is 0 Å². The maximum Gasteiger partial charge on any atom is 0.162 e. The zero-order valence-electron chi connectivity index (χ0n) is 11.9. The summed E-state index contributed by atoms with van der Waals surface area (Å²) in [5.41, 5.74) is 7.84. The Morgan fingerprint density at radius 3 is 2.33 bits per heavy atom. The van der Waals surface area contributed by atoms with Crippen LogP contribution < -0.4 is 15.2 Å². The maximum atomic E-state index is 6.65. The Bertz CT molecular complexity index is 589. The molecule has 0 radical (unpaired) electrons. The molecule has 1 heterocycles. The number of halogens is 1. The van der Waals surface area contributed by atoms with Crippen molar-refractivity contribution in [2.24, 2.45) is 35.3 Å². The molecule has 3 nitrogen and oxygen atoms in total. The first-order valence-electron chi connectivity index (χ1n) is 8.08. The Balaban J connectivity index is 1.45. The predicted molar refractivity (Wildman–Crippen MR) is 83.4 cm³/mol. The molecule has 4 aliphatic rings. The zero-order chi connectivity index (χ0) is 14.1. The van der Waals surface area contributed by atoms with Gasteiger partial charge in [-0.05, 0) is 66.5 Å². The third kappa shape index (κ3) is 1.75. The predicted octanol–water partition coefficient (Wildman–Crippen LogP) is 3.51. The standard InChI is InChI=1S/C17H20BrNO2/c18-11-7-13-12(20-3-4-21-13)6-10(11)17(19)16-14-8-1-2-9(5-8)15(14)16/h6-9,14-17H,1-5,19H2. The summed E-state index contributed by atoms with van der Waals surface area (Å²) in [6, 6.07) is 4.25. The van der Waals surface area contributed by atoms with Crippen LogP contribution in [0.1, 0.15) is 30.9 Å². The Labute approximate surface area is 133 Å². The molecule has 3 aliphatic carbocycles. The summed E-state index contributed by atoms with van der Waals surface area (Å²) < 4.78 is 12.4. The largest absolute Gasteiger partial charge is 0.486 e. The minimum atomic E-state index is 0.133. The second-order valence-corrected chi connectivity index (χ2v) is 7.96. The Morgan fingerprint density at radius 2 is 1.67 bits per heavy atom. The van der Waals surface area contributed by atoms with Crippen LogP contribution in [0.15, 0.2) is 16.6 Å². The minimum Gasteiger partial charge on any atom is -0.486 e. The SMILES string of the molecule is NC(c1cc2c(cc1Br)OCCO2)C1C2C3CCC(C3)C21. The van der Waals surface area contributed by atoms with Crippen molar-refractivity contribution < 1.29 is 9.47 Å². The molecule has 1 aromatic carbocycles. The number of hydrogen-bond acceptors (Lipinski definition) is 3. The molecule has 0 saturated heterocycles. The van der Waals surface area contributed by atoms with Gasteiger partial charge in [0, 0.05) is 10.5 Å². The van der Waals surface area contributed by atoms with Crippen molar-refractivity contribution in [1.29, 1.82) is 0 Å². The molecule has 112 valence electrons. The van der Waals surface area contributed by atoms with Gasteiger partial charge in [-0.25, -0.2) is 0 Å². The van der Waals surface area contributed by atoms with Crippen LogP contribution in [-0.2, 0) is 0 Å². The number of nitrogens with two attached hydrogens (primary N) is 1. The van der Waals surface area contributed by atoms with Crippen LogP contribution >= 0.6 is 15.9 Å². The van der Waals surface area contributed by atoms with E-state index in [-0.39, 0.29) is 6.04 Å². The second-order valence-electron chi connectivity index (χ2n) is 7.11. The van der Waals surface area contributed by atoms with E-state index in [0.717, 1.165) is 39.6 Å². The summed E-state index contributed by atoms with van der Waals surface area (Å²) in [5.74, 6) is 6.11. The quantitative estimate of drug-likeness (QED) is 0.888. The number of hydrogen-bond donors (Lipinski definition) is 1. The summed E-state index contributed by atoms with van der Waals surface area (Å²) in [6.45, 7) is 1.25. The molecular formula is C17H20BrNO2. The third-order valence-electron chi connectivity index (χ3n) is 6.23. The number of ether oxygens (including phenoxy) is 2. The molecule has 3 fully saturated rings. The van der Waals surface area contributed by atoms with E-state index in [4.69, 9.17) is 15.2 Å². The molecule has 2 bridgehead atoms. The van der Waals surface area contributed by atoms with Gasteiger partial charge in [-0.2, -0.15) is 0 Å². The van der Waals surface area contributed by atoms with Crippen molar-refractivity contribution in [2.45, 2.75) is 25.3 Å². The molecule has 1 aliphatic heterocycles. The van der Waals surface area contributed by atoms with E-state index in [1.807, 2.05) is 6.07 Å². The van der Waals surface area contributed by atoms with Crippen molar-refractivity contribution in [1.82, 2.24) is 0 Å². The van der Waals surface area contributed by atoms with Gasteiger partial charge in [-0.15, -0.1) is 0 Å². The normalized spacial score (nSPS) is 40.0. The summed E-state index contributed by atoms with van der Waals surface area (Å²) >= 11 is 3.68. The van der Waals surface area contributed by atoms with E-state index < -0.39 is 0 Å². The smallest absolute Gasteiger partial charge is 0.162 e. The van der Waals surface area contributed by atoms with E-state index in [1.54, 1.807) is 0 Å². The first kappa shape index (κ1) is 12.8. The lowest BCUT2D eigenvalue weighted by atomic mass is 9.93. The molecule has 5 rings (SSSR count). The topological polar surface area (TPSA) is 44.5 Å². The van der Waals surface area contributed by atoms with Crippen LogP contribution in [0.25, 0.3) is 0 Å². The van der Waals surface area contributed by atoms with Gasteiger partial charge in [0.05, 0.1) is 0 Å². The van der Waals surface area contributed by atoms with Gasteiger partial charge in [0.1, 0.15) is 13.2 Å². The molecule has 0 aromatic heterocycles. The Morgan fingerprint density at radius 1 is 1.05 bits per heavy atom. The minimum absolute atomic E-state index is 0.133. The van der Waals surface area contributed by atoms with E-state index in [9.17, 15) is 0 Å². The van der Waals surface area contributed by atoms with Gasteiger partial charge < -0.3 is 15.2 Å². The van der Waals surface area contributed by atoms with Crippen molar-refractivity contribution >= 4 is 15.9 Å². The number of fused-ring (bicyclic) bond motifs is 6. The molecule has 21 heavy (non-hydrogen) atoms.